The van der Waals surface area contributed by atoms with E-state index in [1.807, 2.05) is 19.4 Å². The normalized spacial score (nSPS) is 18.6. The van der Waals surface area contributed by atoms with Crippen LogP contribution in [0.1, 0.15) is 18.7 Å². The van der Waals surface area contributed by atoms with E-state index in [4.69, 9.17) is 0 Å². The molecule has 0 saturated carbocycles. The maximum atomic E-state index is 4.29. The smallest absolute Gasteiger partial charge is 0.122 e. The second kappa shape index (κ2) is 4.57. The average Bonchev–Trinajstić information content (AvgIpc) is 2.63. The van der Waals surface area contributed by atoms with Gasteiger partial charge in [-0.15, -0.1) is 0 Å². The summed E-state index contributed by atoms with van der Waals surface area (Å²) in [5, 5.41) is 6.90. The van der Waals surface area contributed by atoms with E-state index in [0.717, 1.165) is 25.5 Å². The number of piperidine rings is 1. The summed E-state index contributed by atoms with van der Waals surface area (Å²) >= 11 is 0. The Morgan fingerprint density at radius 3 is 3.00 bits per heavy atom. The fourth-order valence-electron chi connectivity index (χ4n) is 1.83. The molecule has 4 heteroatoms. The first-order chi connectivity index (χ1) is 6.86. The Bertz CT molecular complexity index is 275. The summed E-state index contributed by atoms with van der Waals surface area (Å²) < 4.78 is 2.06. The maximum Gasteiger partial charge on any atom is 0.122 e. The molecule has 4 nitrogen and oxygen atoms in total. The molecule has 0 unspecified atom stereocenters. The van der Waals surface area contributed by atoms with Crippen LogP contribution in [0, 0.1) is 0 Å². The van der Waals surface area contributed by atoms with Crippen molar-refractivity contribution in [2.75, 3.05) is 13.1 Å². The molecule has 2 N–H and O–H groups in total. The molecule has 0 spiro atoms. The van der Waals surface area contributed by atoms with Crippen LogP contribution < -0.4 is 10.6 Å². The van der Waals surface area contributed by atoms with E-state index in [1.54, 1.807) is 0 Å². The van der Waals surface area contributed by atoms with Crippen molar-refractivity contribution in [2.24, 2.45) is 7.05 Å². The van der Waals surface area contributed by atoms with Gasteiger partial charge in [0.25, 0.3) is 0 Å². The van der Waals surface area contributed by atoms with Gasteiger partial charge in [0.2, 0.25) is 0 Å². The number of aromatic nitrogens is 2. The minimum atomic E-state index is 0.660. The number of nitrogens with zero attached hydrogens (tertiary/aromatic N) is 2. The Hall–Kier alpha value is -0.870. The van der Waals surface area contributed by atoms with E-state index in [1.165, 1.54) is 12.8 Å². The Labute approximate surface area is 84.7 Å². The molecule has 0 atom stereocenters. The third-order valence-electron chi connectivity index (χ3n) is 2.81. The number of hydrogen-bond donors (Lipinski definition) is 2. The Kier molecular flexibility index (Phi) is 3.16. The van der Waals surface area contributed by atoms with Gasteiger partial charge >= 0.3 is 0 Å². The van der Waals surface area contributed by atoms with E-state index in [2.05, 4.69) is 20.2 Å². The summed E-state index contributed by atoms with van der Waals surface area (Å²) in [5.41, 5.74) is 0. The first kappa shape index (κ1) is 9.68. The highest BCUT2D eigenvalue weighted by Crippen LogP contribution is 2.03. The van der Waals surface area contributed by atoms with Gasteiger partial charge in [0.05, 0.1) is 6.54 Å². The molecule has 0 bridgehead atoms. The monoisotopic (exact) mass is 194 g/mol. The molecule has 1 aromatic heterocycles. The first-order valence-electron chi connectivity index (χ1n) is 5.26. The zero-order chi connectivity index (χ0) is 9.80. The zero-order valence-electron chi connectivity index (χ0n) is 8.66. The SMILES string of the molecule is Cn1ccnc1CNC1CCNCC1. The molecule has 1 aliphatic heterocycles. The largest absolute Gasteiger partial charge is 0.337 e. The number of nitrogens with one attached hydrogen (secondary N) is 2. The Balaban J connectivity index is 1.79. The second-order valence-corrected chi connectivity index (χ2v) is 3.86. The second-order valence-electron chi connectivity index (χ2n) is 3.86. The van der Waals surface area contributed by atoms with Crippen molar-refractivity contribution < 1.29 is 0 Å². The molecule has 14 heavy (non-hydrogen) atoms. The topological polar surface area (TPSA) is 41.9 Å². The van der Waals surface area contributed by atoms with Gasteiger partial charge in [-0.3, -0.25) is 0 Å². The Morgan fingerprint density at radius 2 is 2.36 bits per heavy atom. The van der Waals surface area contributed by atoms with Crippen LogP contribution in [-0.4, -0.2) is 28.7 Å². The van der Waals surface area contributed by atoms with Gasteiger partial charge in [-0.2, -0.15) is 0 Å². The van der Waals surface area contributed by atoms with Gasteiger partial charge in [-0.25, -0.2) is 4.98 Å². The van der Waals surface area contributed by atoms with Crippen LogP contribution in [-0.2, 0) is 13.6 Å². The number of aryl methyl sites for hydroxylation is 1. The van der Waals surface area contributed by atoms with Crippen molar-refractivity contribution in [3.8, 4) is 0 Å². The van der Waals surface area contributed by atoms with Crippen molar-refractivity contribution in [2.45, 2.75) is 25.4 Å². The van der Waals surface area contributed by atoms with E-state index < -0.39 is 0 Å². The summed E-state index contributed by atoms with van der Waals surface area (Å²) in [6.45, 7) is 3.16. The number of imidazole rings is 1. The average molecular weight is 194 g/mol. The summed E-state index contributed by atoms with van der Waals surface area (Å²) in [6.07, 6.45) is 6.29. The molecule has 1 fully saturated rings. The van der Waals surface area contributed by atoms with E-state index in [9.17, 15) is 0 Å². The lowest BCUT2D eigenvalue weighted by Gasteiger charge is -2.23. The van der Waals surface area contributed by atoms with E-state index >= 15 is 0 Å². The van der Waals surface area contributed by atoms with Crippen LogP contribution >= 0.6 is 0 Å². The molecular formula is C10H18N4. The highest BCUT2D eigenvalue weighted by molar-refractivity contribution is 4.91. The lowest BCUT2D eigenvalue weighted by atomic mass is 10.1. The van der Waals surface area contributed by atoms with E-state index in [-0.39, 0.29) is 0 Å². The maximum absolute atomic E-state index is 4.29. The lowest BCUT2D eigenvalue weighted by molar-refractivity contribution is 0.381. The highest BCUT2D eigenvalue weighted by Gasteiger charge is 2.12. The fourth-order valence-corrected chi connectivity index (χ4v) is 1.83. The van der Waals surface area contributed by atoms with Crippen LogP contribution in [0.5, 0.6) is 0 Å². The highest BCUT2D eigenvalue weighted by atomic mass is 15.1. The predicted molar refractivity (Wildman–Crippen MR) is 55.9 cm³/mol. The molecule has 2 rings (SSSR count). The minimum absolute atomic E-state index is 0.660. The summed E-state index contributed by atoms with van der Waals surface area (Å²) in [7, 11) is 2.03. The minimum Gasteiger partial charge on any atom is -0.337 e. The first-order valence-corrected chi connectivity index (χ1v) is 5.26. The lowest BCUT2D eigenvalue weighted by Crippen LogP contribution is -2.39. The molecule has 0 aliphatic carbocycles. The fraction of sp³-hybridized carbons (Fsp3) is 0.700. The van der Waals surface area contributed by atoms with Gasteiger partial charge < -0.3 is 15.2 Å². The molecule has 78 valence electrons. The third-order valence-corrected chi connectivity index (χ3v) is 2.81. The quantitative estimate of drug-likeness (QED) is 0.725. The van der Waals surface area contributed by atoms with Crippen molar-refractivity contribution >= 4 is 0 Å². The van der Waals surface area contributed by atoms with Gasteiger partial charge in [-0.05, 0) is 25.9 Å². The van der Waals surface area contributed by atoms with Crippen molar-refractivity contribution in [1.29, 1.82) is 0 Å². The molecule has 1 saturated heterocycles. The summed E-state index contributed by atoms with van der Waals surface area (Å²) in [6, 6.07) is 0.660. The summed E-state index contributed by atoms with van der Waals surface area (Å²) in [4.78, 5) is 4.29. The van der Waals surface area contributed by atoms with Crippen molar-refractivity contribution in [3.05, 3.63) is 18.2 Å². The van der Waals surface area contributed by atoms with Crippen LogP contribution in [0.4, 0.5) is 0 Å². The number of hydrogen-bond acceptors (Lipinski definition) is 3. The van der Waals surface area contributed by atoms with Gasteiger partial charge in [0.15, 0.2) is 0 Å². The Morgan fingerprint density at radius 1 is 1.57 bits per heavy atom. The molecule has 1 aromatic rings. The molecule has 0 amide bonds. The molecule has 0 radical (unpaired) electrons. The summed E-state index contributed by atoms with van der Waals surface area (Å²) in [5.74, 6) is 1.11. The van der Waals surface area contributed by atoms with Crippen LogP contribution in [0.15, 0.2) is 12.4 Å². The van der Waals surface area contributed by atoms with Crippen molar-refractivity contribution in [3.63, 3.8) is 0 Å². The van der Waals surface area contributed by atoms with Gasteiger partial charge in [0, 0.05) is 25.5 Å². The molecule has 1 aliphatic rings. The van der Waals surface area contributed by atoms with Gasteiger partial charge in [0.1, 0.15) is 5.82 Å². The van der Waals surface area contributed by atoms with Crippen LogP contribution in [0.25, 0.3) is 0 Å². The molecule has 0 aromatic carbocycles. The van der Waals surface area contributed by atoms with Crippen LogP contribution in [0.2, 0.25) is 0 Å². The van der Waals surface area contributed by atoms with E-state index in [0.29, 0.717) is 6.04 Å². The van der Waals surface area contributed by atoms with Gasteiger partial charge in [-0.1, -0.05) is 0 Å². The molecule has 2 heterocycles. The zero-order valence-corrected chi connectivity index (χ0v) is 8.66. The predicted octanol–water partition coefficient (Wildman–Crippen LogP) is 0.262. The third kappa shape index (κ3) is 2.33. The standard InChI is InChI=1S/C10H18N4/c1-14-7-6-12-10(14)8-13-9-2-4-11-5-3-9/h6-7,9,11,13H,2-5,8H2,1H3. The van der Waals surface area contributed by atoms with Crippen LogP contribution in [0.3, 0.4) is 0 Å². The molecular weight excluding hydrogens is 176 g/mol. The van der Waals surface area contributed by atoms with Crippen molar-refractivity contribution in [1.82, 2.24) is 20.2 Å². The number of rotatable bonds is 3.